The maximum atomic E-state index is 12.7. The van der Waals surface area contributed by atoms with Crippen molar-refractivity contribution >= 4 is 11.9 Å². The Hall–Kier alpha value is -6.20. The molecule has 434 valence electrons. The lowest BCUT2D eigenvalue weighted by molar-refractivity contribution is 0.0428. The Morgan fingerprint density at radius 3 is 1.20 bits per heavy atom. The molecule has 3 aliphatic carbocycles. The third kappa shape index (κ3) is 17.4. The van der Waals surface area contributed by atoms with E-state index in [1.165, 1.54) is 36.7 Å². The molecule has 6 atom stereocenters. The molecule has 0 aliphatic heterocycles. The van der Waals surface area contributed by atoms with Crippen molar-refractivity contribution in [3.8, 4) is 34.5 Å². The number of hydrogen-bond donors (Lipinski definition) is 7. The molecule has 79 heavy (non-hydrogen) atoms. The summed E-state index contributed by atoms with van der Waals surface area (Å²) in [5.74, 6) is -1.12. The zero-order chi connectivity index (χ0) is 58.7. The number of benzene rings is 3. The van der Waals surface area contributed by atoms with E-state index in [4.69, 9.17) is 14.6 Å². The van der Waals surface area contributed by atoms with Crippen molar-refractivity contribution in [2.24, 2.45) is 17.8 Å². The van der Waals surface area contributed by atoms with Crippen LogP contribution in [0, 0.1) is 17.8 Å². The number of carbonyl (C=O) groups is 2. The van der Waals surface area contributed by atoms with Gasteiger partial charge in [-0.1, -0.05) is 131 Å². The predicted octanol–water partition coefficient (Wildman–Crippen LogP) is 16.5. The van der Waals surface area contributed by atoms with Gasteiger partial charge in [-0.3, -0.25) is 0 Å². The summed E-state index contributed by atoms with van der Waals surface area (Å²) in [6.07, 6.45) is 23.4. The Bertz CT molecular complexity index is 2680. The second kappa shape index (κ2) is 31.6. The highest BCUT2D eigenvalue weighted by Gasteiger charge is 2.36. The lowest BCUT2D eigenvalue weighted by Gasteiger charge is -2.32. The molecule has 0 radical (unpaired) electrons. The smallest absolute Gasteiger partial charge is 0.342 e. The molecule has 7 N–H and O–H groups in total. The van der Waals surface area contributed by atoms with Gasteiger partial charge in [-0.05, 0) is 177 Å². The minimum atomic E-state index is -0.673. The third-order valence-electron chi connectivity index (χ3n) is 16.2. The van der Waals surface area contributed by atoms with Crippen molar-refractivity contribution in [3.63, 3.8) is 0 Å². The number of hydrogen-bond acceptors (Lipinski definition) is 11. The number of phenols is 6. The van der Waals surface area contributed by atoms with E-state index in [0.717, 1.165) is 112 Å². The maximum Gasteiger partial charge on any atom is 0.342 e. The van der Waals surface area contributed by atoms with E-state index in [-0.39, 0.29) is 94.3 Å². The molecule has 0 spiro atoms. The summed E-state index contributed by atoms with van der Waals surface area (Å²) in [6.45, 7) is 30.4. The summed E-state index contributed by atoms with van der Waals surface area (Å²) in [5.41, 5.74) is 10.7. The Labute approximate surface area is 473 Å². The van der Waals surface area contributed by atoms with Crippen molar-refractivity contribution in [2.75, 3.05) is 20.3 Å². The molecular weight excluding hydrogens is 993 g/mol. The van der Waals surface area contributed by atoms with Crippen LogP contribution in [-0.2, 0) is 28.7 Å². The monoisotopic (exact) mass is 1090 g/mol. The molecule has 0 fully saturated rings. The molecule has 11 nitrogen and oxygen atoms in total. The van der Waals surface area contributed by atoms with Crippen LogP contribution in [0.15, 0.2) is 95.7 Å². The number of carbonyl (C=O) groups excluding carboxylic acids is 2. The first kappa shape index (κ1) is 65.3. The molecule has 0 unspecified atom stereocenters. The van der Waals surface area contributed by atoms with E-state index in [1.807, 2.05) is 39.8 Å². The first-order chi connectivity index (χ1) is 37.6. The van der Waals surface area contributed by atoms with E-state index < -0.39 is 11.9 Å². The Morgan fingerprint density at radius 1 is 0.519 bits per heavy atom. The SMILES string of the molecule is C=C(C)[C@H]1CCC(C)=C[C@@H]1c1c(O)cc(CCCCC)c(C(=O)OC)c1O.C=C(C)[C@H]1CCC(C)=C[C@@H]1c1c(O)cc(CCCCC)c(C(=O)OCCO)c1O.C=C(C)[C@H]1CCC(C)=C[C@@H]1c1c(O)cc(CCCCC)cc1O. The highest BCUT2D eigenvalue weighted by atomic mass is 16.5. The Morgan fingerprint density at radius 2 is 0.861 bits per heavy atom. The fourth-order valence-electron chi connectivity index (χ4n) is 11.9. The van der Waals surface area contributed by atoms with Gasteiger partial charge in [-0.2, -0.15) is 0 Å². The first-order valence-electron chi connectivity index (χ1n) is 29.1. The zero-order valence-electron chi connectivity index (χ0n) is 49.5. The summed E-state index contributed by atoms with van der Waals surface area (Å²) in [6, 6.07) is 6.88. The molecular formula is C68H96O11. The number of aromatic hydroxyl groups is 6. The number of phenolic OH excluding ortho intramolecular Hbond substituents is 6. The predicted molar refractivity (Wildman–Crippen MR) is 320 cm³/mol. The second-order valence-corrected chi connectivity index (χ2v) is 22.7. The summed E-state index contributed by atoms with van der Waals surface area (Å²) in [4.78, 5) is 25.1. The lowest BCUT2D eigenvalue weighted by Crippen LogP contribution is -2.19. The van der Waals surface area contributed by atoms with Gasteiger partial charge in [0.05, 0.1) is 13.7 Å². The van der Waals surface area contributed by atoms with E-state index in [1.54, 1.807) is 12.1 Å². The third-order valence-corrected chi connectivity index (χ3v) is 16.2. The lowest BCUT2D eigenvalue weighted by atomic mass is 9.73. The van der Waals surface area contributed by atoms with Crippen LogP contribution in [-0.4, -0.2) is 68.0 Å². The summed E-state index contributed by atoms with van der Waals surface area (Å²) in [7, 11) is 1.31. The normalized spacial score (nSPS) is 19.8. The molecule has 0 saturated heterocycles. The molecule has 0 amide bonds. The number of allylic oxidation sites excluding steroid dienone is 9. The number of aliphatic hydroxyl groups is 1. The van der Waals surface area contributed by atoms with Crippen molar-refractivity contribution in [2.45, 2.75) is 196 Å². The van der Waals surface area contributed by atoms with Crippen molar-refractivity contribution in [1.82, 2.24) is 0 Å². The van der Waals surface area contributed by atoms with Crippen LogP contribution in [0.3, 0.4) is 0 Å². The van der Waals surface area contributed by atoms with Crippen LogP contribution in [0.4, 0.5) is 0 Å². The average Bonchev–Trinajstić information content (AvgIpc) is 3.45. The molecule has 3 aliphatic rings. The zero-order valence-corrected chi connectivity index (χ0v) is 49.5. The molecule has 3 aromatic carbocycles. The number of rotatable bonds is 22. The topological polar surface area (TPSA) is 194 Å². The number of methoxy groups -OCH3 is 1. The molecule has 6 rings (SSSR count). The van der Waals surface area contributed by atoms with Crippen LogP contribution in [0.5, 0.6) is 34.5 Å². The first-order valence-corrected chi connectivity index (χ1v) is 29.1. The number of aliphatic hydroxyl groups excluding tert-OH is 1. The number of unbranched alkanes of at least 4 members (excludes halogenated alkanes) is 6. The van der Waals surface area contributed by atoms with Gasteiger partial charge < -0.3 is 45.2 Å². The summed E-state index contributed by atoms with van der Waals surface area (Å²) in [5, 5.41) is 73.9. The van der Waals surface area contributed by atoms with Crippen LogP contribution in [0.1, 0.15) is 230 Å². The quantitative estimate of drug-likeness (QED) is 0.0287. The Kier molecular flexibility index (Phi) is 26.1. The van der Waals surface area contributed by atoms with Gasteiger partial charge in [0.25, 0.3) is 0 Å². The van der Waals surface area contributed by atoms with Gasteiger partial charge in [-0.25, -0.2) is 9.59 Å². The fraction of sp³-hybridized carbons (Fsp3) is 0.529. The van der Waals surface area contributed by atoms with Gasteiger partial charge in [0, 0.05) is 34.4 Å². The summed E-state index contributed by atoms with van der Waals surface area (Å²) < 4.78 is 10.0. The highest BCUT2D eigenvalue weighted by Crippen LogP contribution is 2.51. The number of aryl methyl sites for hydroxylation is 3. The fourth-order valence-corrected chi connectivity index (χ4v) is 11.9. The second-order valence-electron chi connectivity index (χ2n) is 22.7. The number of esters is 2. The largest absolute Gasteiger partial charge is 0.507 e. The molecule has 11 heteroatoms. The van der Waals surface area contributed by atoms with Gasteiger partial charge in [0.2, 0.25) is 0 Å². The van der Waals surface area contributed by atoms with E-state index in [0.29, 0.717) is 40.7 Å². The van der Waals surface area contributed by atoms with Crippen molar-refractivity contribution in [1.29, 1.82) is 0 Å². The molecule has 3 aromatic rings. The van der Waals surface area contributed by atoms with Crippen LogP contribution in [0.2, 0.25) is 0 Å². The minimum Gasteiger partial charge on any atom is -0.507 e. The van der Waals surface area contributed by atoms with E-state index >= 15 is 0 Å². The minimum absolute atomic E-state index is 0.00472. The van der Waals surface area contributed by atoms with Gasteiger partial charge >= 0.3 is 11.9 Å². The number of ether oxygens (including phenoxy) is 2. The molecule has 0 saturated carbocycles. The summed E-state index contributed by atoms with van der Waals surface area (Å²) >= 11 is 0. The molecule has 0 heterocycles. The van der Waals surface area contributed by atoms with Gasteiger partial charge in [-0.15, -0.1) is 0 Å². The average molecular weight is 1090 g/mol. The van der Waals surface area contributed by atoms with Crippen LogP contribution in [0.25, 0.3) is 0 Å². The molecule has 0 bridgehead atoms. The van der Waals surface area contributed by atoms with Gasteiger partial charge in [0.1, 0.15) is 52.2 Å². The maximum absolute atomic E-state index is 12.7. The van der Waals surface area contributed by atoms with Crippen molar-refractivity contribution < 1.29 is 54.8 Å². The molecule has 0 aromatic heterocycles. The highest BCUT2D eigenvalue weighted by molar-refractivity contribution is 5.96. The van der Waals surface area contributed by atoms with E-state index in [9.17, 15) is 40.2 Å². The van der Waals surface area contributed by atoms with Gasteiger partial charge in [0.15, 0.2) is 0 Å². The van der Waals surface area contributed by atoms with Crippen molar-refractivity contribution in [3.05, 3.63) is 140 Å². The Balaban J connectivity index is 0.000000257. The van der Waals surface area contributed by atoms with Crippen LogP contribution >= 0.6 is 0 Å². The standard InChI is InChI=1S/C24H34O5.C23H32O4.C21H30O2/c1-5-6-7-8-17-14-20(26)22(23(27)21(17)24(28)29-12-11-25)19-13-16(4)9-10-18(19)15(2)3;1-6-7-8-9-16-13-19(24)21(22(25)20(16)23(26)27-5)18-12-15(4)10-11-17(18)14(2)3;1-5-6-7-8-16-12-19(22)21(20(23)13-16)18-11-15(4)9-10-17(18)14(2)3/h13-14,18-19,25-27H,2,5-12H2,1,3-4H3;12-13,17-18,24-25H,2,6-11H2,1,3-5H3;11-13,17-18,22-23H,2,5-10H2,1,3-4H3/t18-,19+;2*17-,18+/m111/s1. The van der Waals surface area contributed by atoms with Crippen LogP contribution < -0.4 is 0 Å². The van der Waals surface area contributed by atoms with E-state index in [2.05, 4.69) is 72.6 Å².